The maximum Gasteiger partial charge on any atom is 0.302 e. The Morgan fingerprint density at radius 2 is 1.54 bits per heavy atom. The van der Waals surface area contributed by atoms with Crippen LogP contribution in [0.1, 0.15) is 0 Å². The van der Waals surface area contributed by atoms with E-state index in [-0.39, 0.29) is 11.5 Å². The maximum absolute atomic E-state index is 13.2. The second kappa shape index (κ2) is 6.58. The van der Waals surface area contributed by atoms with Gasteiger partial charge < -0.3 is 9.84 Å². The maximum atomic E-state index is 13.2. The summed E-state index contributed by atoms with van der Waals surface area (Å²) in [5.74, 6) is 0.125. The Hall–Kier alpha value is -3.24. The predicted molar refractivity (Wildman–Crippen MR) is 103 cm³/mol. The molecule has 1 heterocycles. The molecule has 0 saturated carbocycles. The van der Waals surface area contributed by atoms with Crippen molar-refractivity contribution in [2.24, 2.45) is 0 Å². The lowest BCUT2D eigenvalue weighted by molar-refractivity contribution is 0.409. The van der Waals surface area contributed by atoms with E-state index in [1.165, 1.54) is 4.57 Å². The van der Waals surface area contributed by atoms with Crippen molar-refractivity contribution in [2.75, 3.05) is 0 Å². The summed E-state index contributed by atoms with van der Waals surface area (Å²) in [5, 5.41) is 11.6. The van der Waals surface area contributed by atoms with E-state index in [2.05, 4.69) is 0 Å². The molecule has 0 spiro atoms. The van der Waals surface area contributed by atoms with Crippen molar-refractivity contribution in [3.8, 4) is 22.9 Å². The van der Waals surface area contributed by atoms with E-state index in [1.54, 1.807) is 42.5 Å². The lowest BCUT2D eigenvalue weighted by Crippen LogP contribution is -2.20. The van der Waals surface area contributed by atoms with Crippen molar-refractivity contribution in [3.63, 3.8) is 0 Å². The van der Waals surface area contributed by atoms with Gasteiger partial charge in [-0.3, -0.25) is 9.36 Å². The quantitative estimate of drug-likeness (QED) is 0.548. The third kappa shape index (κ3) is 2.80. The molecule has 0 aliphatic heterocycles. The molecule has 26 heavy (non-hydrogen) atoms. The minimum absolute atomic E-state index is 0.130. The Bertz CT molecular complexity index is 1140. The van der Waals surface area contributed by atoms with Crippen LogP contribution in [-0.2, 0) is 0 Å². The van der Waals surface area contributed by atoms with Crippen LogP contribution in [0.2, 0.25) is 5.02 Å². The highest BCUT2D eigenvalue weighted by Crippen LogP contribution is 2.36. The van der Waals surface area contributed by atoms with Crippen LogP contribution in [0.4, 0.5) is 0 Å². The zero-order valence-corrected chi connectivity index (χ0v) is 14.4. The van der Waals surface area contributed by atoms with Crippen LogP contribution in [0.25, 0.3) is 16.6 Å². The van der Waals surface area contributed by atoms with Crippen LogP contribution in [0.15, 0.2) is 83.7 Å². The molecule has 5 heteroatoms. The molecule has 4 aromatic rings. The van der Waals surface area contributed by atoms with Crippen LogP contribution < -0.4 is 10.3 Å². The summed E-state index contributed by atoms with van der Waals surface area (Å²) < 4.78 is 7.21. The van der Waals surface area contributed by atoms with Crippen LogP contribution in [-0.4, -0.2) is 9.67 Å². The minimum atomic E-state index is -0.465. The molecular formula is C21H14ClNO3. The third-order valence-electron chi connectivity index (χ3n) is 4.05. The van der Waals surface area contributed by atoms with Crippen LogP contribution in [0.3, 0.4) is 0 Å². The summed E-state index contributed by atoms with van der Waals surface area (Å²) in [6.45, 7) is 0. The SMILES string of the molecule is O=c1c(Oc2ccccc2)c(O)c2ccc(Cl)cc2n1-c1ccccc1. The van der Waals surface area contributed by atoms with E-state index in [9.17, 15) is 9.90 Å². The summed E-state index contributed by atoms with van der Waals surface area (Å²) in [7, 11) is 0. The molecule has 0 aliphatic carbocycles. The molecule has 4 rings (SSSR count). The summed E-state index contributed by atoms with van der Waals surface area (Å²) in [5.41, 5.74) is 0.696. The number of halogens is 1. The molecule has 0 amide bonds. The summed E-state index contributed by atoms with van der Waals surface area (Å²) in [4.78, 5) is 13.2. The number of hydrogen-bond acceptors (Lipinski definition) is 3. The number of benzene rings is 3. The number of ether oxygens (including phenoxy) is 1. The van der Waals surface area contributed by atoms with Gasteiger partial charge in [-0.2, -0.15) is 0 Å². The van der Waals surface area contributed by atoms with Gasteiger partial charge in [0.25, 0.3) is 0 Å². The Labute approximate surface area is 154 Å². The normalized spacial score (nSPS) is 10.8. The Morgan fingerprint density at radius 3 is 2.23 bits per heavy atom. The smallest absolute Gasteiger partial charge is 0.302 e. The van der Waals surface area contributed by atoms with Crippen molar-refractivity contribution in [1.82, 2.24) is 4.57 Å². The molecule has 0 atom stereocenters. The number of aromatic hydroxyl groups is 1. The van der Waals surface area contributed by atoms with Crippen LogP contribution in [0, 0.1) is 0 Å². The van der Waals surface area contributed by atoms with E-state index in [0.717, 1.165) is 0 Å². The number of nitrogens with zero attached hydrogens (tertiary/aromatic N) is 1. The molecule has 0 unspecified atom stereocenters. The highest BCUT2D eigenvalue weighted by Gasteiger charge is 2.19. The molecule has 0 radical (unpaired) electrons. The van der Waals surface area contributed by atoms with Crippen molar-refractivity contribution >= 4 is 22.5 Å². The molecule has 1 N–H and O–H groups in total. The van der Waals surface area contributed by atoms with E-state index < -0.39 is 5.56 Å². The number of fused-ring (bicyclic) bond motifs is 1. The number of hydrogen-bond donors (Lipinski definition) is 1. The zero-order valence-electron chi connectivity index (χ0n) is 13.6. The van der Waals surface area contributed by atoms with Gasteiger partial charge in [0.15, 0.2) is 5.75 Å². The highest BCUT2D eigenvalue weighted by atomic mass is 35.5. The number of rotatable bonds is 3. The molecule has 0 bridgehead atoms. The second-order valence-electron chi connectivity index (χ2n) is 5.73. The van der Waals surface area contributed by atoms with Crippen molar-refractivity contribution in [3.05, 3.63) is 94.2 Å². The first kappa shape index (κ1) is 16.2. The zero-order chi connectivity index (χ0) is 18.1. The summed E-state index contributed by atoms with van der Waals surface area (Å²) in [6, 6.07) is 23.0. The lowest BCUT2D eigenvalue weighted by Gasteiger charge is -2.15. The van der Waals surface area contributed by atoms with Gasteiger partial charge in [0.05, 0.1) is 5.52 Å². The van der Waals surface area contributed by atoms with Gasteiger partial charge in [-0.25, -0.2) is 0 Å². The van der Waals surface area contributed by atoms with Crippen molar-refractivity contribution in [2.45, 2.75) is 0 Å². The van der Waals surface area contributed by atoms with E-state index in [4.69, 9.17) is 16.3 Å². The number of para-hydroxylation sites is 2. The molecule has 3 aromatic carbocycles. The van der Waals surface area contributed by atoms with E-state index in [0.29, 0.717) is 27.4 Å². The average Bonchev–Trinajstić information content (AvgIpc) is 2.67. The largest absolute Gasteiger partial charge is 0.504 e. The van der Waals surface area contributed by atoms with Crippen LogP contribution >= 0.6 is 11.6 Å². The topological polar surface area (TPSA) is 51.5 Å². The third-order valence-corrected chi connectivity index (χ3v) is 4.28. The van der Waals surface area contributed by atoms with Gasteiger partial charge in [-0.15, -0.1) is 0 Å². The fourth-order valence-corrected chi connectivity index (χ4v) is 3.02. The first-order valence-corrected chi connectivity index (χ1v) is 8.38. The van der Waals surface area contributed by atoms with Gasteiger partial charge in [0.1, 0.15) is 5.75 Å². The van der Waals surface area contributed by atoms with Crippen molar-refractivity contribution < 1.29 is 9.84 Å². The van der Waals surface area contributed by atoms with Gasteiger partial charge >= 0.3 is 5.56 Å². The molecule has 1 aromatic heterocycles. The second-order valence-corrected chi connectivity index (χ2v) is 6.17. The molecule has 0 aliphatic rings. The highest BCUT2D eigenvalue weighted by molar-refractivity contribution is 6.31. The Balaban J connectivity index is 2.05. The first-order chi connectivity index (χ1) is 12.6. The molecule has 0 fully saturated rings. The first-order valence-electron chi connectivity index (χ1n) is 8.01. The van der Waals surface area contributed by atoms with Gasteiger partial charge in [0, 0.05) is 16.1 Å². The predicted octanol–water partition coefficient (Wildman–Crippen LogP) is 5.14. The van der Waals surface area contributed by atoms with Gasteiger partial charge in [-0.1, -0.05) is 48.0 Å². The summed E-state index contributed by atoms with van der Waals surface area (Å²) >= 11 is 6.12. The Kier molecular flexibility index (Phi) is 4.11. The fourth-order valence-electron chi connectivity index (χ4n) is 2.86. The summed E-state index contributed by atoms with van der Waals surface area (Å²) in [6.07, 6.45) is 0. The van der Waals surface area contributed by atoms with E-state index in [1.807, 2.05) is 36.4 Å². The molecular weight excluding hydrogens is 350 g/mol. The van der Waals surface area contributed by atoms with Crippen molar-refractivity contribution in [1.29, 1.82) is 0 Å². The van der Waals surface area contributed by atoms with E-state index >= 15 is 0 Å². The monoisotopic (exact) mass is 363 g/mol. The fraction of sp³-hybridized carbons (Fsp3) is 0. The molecule has 4 nitrogen and oxygen atoms in total. The standard InChI is InChI=1S/C21H14ClNO3/c22-14-11-12-17-18(13-14)23(15-7-3-1-4-8-15)21(25)20(19(17)24)26-16-9-5-2-6-10-16/h1-13,24H. The number of pyridine rings is 1. The lowest BCUT2D eigenvalue weighted by atomic mass is 10.1. The minimum Gasteiger partial charge on any atom is -0.504 e. The van der Waals surface area contributed by atoms with Gasteiger partial charge in [0.2, 0.25) is 5.75 Å². The molecule has 128 valence electrons. The Morgan fingerprint density at radius 1 is 0.885 bits per heavy atom. The number of aromatic nitrogens is 1. The molecule has 0 saturated heterocycles. The van der Waals surface area contributed by atoms with Gasteiger partial charge in [-0.05, 0) is 42.5 Å². The van der Waals surface area contributed by atoms with Crippen LogP contribution in [0.5, 0.6) is 17.2 Å². The average molecular weight is 364 g/mol.